The second-order valence-electron chi connectivity index (χ2n) is 5.04. The van der Waals surface area contributed by atoms with Crippen LogP contribution in [-0.4, -0.2) is 24.1 Å². The molecule has 0 atom stereocenters. The minimum absolute atomic E-state index is 0.376. The first-order valence-corrected chi connectivity index (χ1v) is 8.26. The molecule has 0 unspecified atom stereocenters. The van der Waals surface area contributed by atoms with Crippen LogP contribution in [-0.2, 0) is 13.0 Å². The van der Waals surface area contributed by atoms with E-state index < -0.39 is 0 Å². The Morgan fingerprint density at radius 2 is 2.11 bits per heavy atom. The number of hydrogen-bond donors (Lipinski definition) is 0. The van der Waals surface area contributed by atoms with Crippen molar-refractivity contribution >= 4 is 23.3 Å². The quantitative estimate of drug-likeness (QED) is 0.870. The normalized spacial score (nSPS) is 15.5. The van der Waals surface area contributed by atoms with Crippen LogP contribution in [0.3, 0.4) is 0 Å². The van der Waals surface area contributed by atoms with Crippen molar-refractivity contribution < 1.29 is 0 Å². The third kappa shape index (κ3) is 2.81. The van der Waals surface area contributed by atoms with Gasteiger partial charge in [0, 0.05) is 18.9 Å². The first-order chi connectivity index (χ1) is 9.24. The average molecular weight is 295 g/mol. The number of fused-ring (bicyclic) bond motifs is 1. The van der Waals surface area contributed by atoms with E-state index in [-0.39, 0.29) is 0 Å². The van der Waals surface area contributed by atoms with Crippen molar-refractivity contribution in [1.82, 2.24) is 24.1 Å². The molecule has 5 nitrogen and oxygen atoms in total. The highest BCUT2D eigenvalue weighted by molar-refractivity contribution is 8.00. The summed E-state index contributed by atoms with van der Waals surface area (Å²) >= 11 is 3.04. The Morgan fingerprint density at radius 3 is 2.89 bits per heavy atom. The van der Waals surface area contributed by atoms with E-state index >= 15 is 0 Å². The van der Waals surface area contributed by atoms with Gasteiger partial charge in [-0.2, -0.15) is 4.37 Å². The van der Waals surface area contributed by atoms with E-state index in [9.17, 15) is 0 Å². The Bertz CT molecular complexity index is 560. The molecule has 2 aromatic heterocycles. The first-order valence-electron chi connectivity index (χ1n) is 6.67. The van der Waals surface area contributed by atoms with E-state index in [2.05, 4.69) is 38.0 Å². The van der Waals surface area contributed by atoms with Crippen LogP contribution in [0, 0.1) is 0 Å². The summed E-state index contributed by atoms with van der Waals surface area (Å²) in [6, 6.07) is 0. The van der Waals surface area contributed by atoms with Gasteiger partial charge in [0.05, 0.1) is 0 Å². The molecular formula is C12H17N5S2. The lowest BCUT2D eigenvalue weighted by molar-refractivity contribution is 0.591. The lowest BCUT2D eigenvalue weighted by Gasteiger charge is -2.04. The number of nitrogens with zero attached hydrogens (tertiary/aromatic N) is 5. The van der Waals surface area contributed by atoms with Crippen LogP contribution in [0.2, 0.25) is 0 Å². The Kier molecular flexibility index (Phi) is 3.83. The molecule has 2 aromatic rings. The van der Waals surface area contributed by atoms with Crippen molar-refractivity contribution in [2.75, 3.05) is 0 Å². The molecule has 0 fully saturated rings. The van der Waals surface area contributed by atoms with E-state index in [1.165, 1.54) is 30.8 Å². The highest BCUT2D eigenvalue weighted by atomic mass is 32.2. The maximum atomic E-state index is 4.55. The molecule has 0 aromatic carbocycles. The van der Waals surface area contributed by atoms with Crippen LogP contribution < -0.4 is 0 Å². The van der Waals surface area contributed by atoms with Gasteiger partial charge in [0.25, 0.3) is 0 Å². The van der Waals surface area contributed by atoms with Crippen LogP contribution in [0.1, 0.15) is 50.7 Å². The summed E-state index contributed by atoms with van der Waals surface area (Å²) in [4.78, 5) is 4.55. The average Bonchev–Trinajstić information content (AvgIpc) is 2.92. The lowest BCUT2D eigenvalue weighted by atomic mass is 10.2. The molecule has 102 valence electrons. The predicted octanol–water partition coefficient (Wildman–Crippen LogP) is 3.13. The Labute approximate surface area is 121 Å². The Balaban J connectivity index is 1.81. The van der Waals surface area contributed by atoms with Crippen LogP contribution in [0.15, 0.2) is 9.50 Å². The third-order valence-corrected chi connectivity index (χ3v) is 4.94. The van der Waals surface area contributed by atoms with Gasteiger partial charge in [-0.05, 0) is 36.1 Å². The van der Waals surface area contributed by atoms with Gasteiger partial charge in [-0.15, -0.1) is 10.2 Å². The number of aromatic nitrogens is 5. The fourth-order valence-electron chi connectivity index (χ4n) is 2.11. The summed E-state index contributed by atoms with van der Waals surface area (Å²) in [5, 5.41) is 9.57. The fraction of sp³-hybridized carbons (Fsp3) is 0.667. The molecule has 0 aliphatic carbocycles. The van der Waals surface area contributed by atoms with E-state index in [1.807, 2.05) is 0 Å². The van der Waals surface area contributed by atoms with E-state index in [1.54, 1.807) is 11.8 Å². The number of aryl methyl sites for hydroxylation is 1. The van der Waals surface area contributed by atoms with Crippen molar-refractivity contribution in [2.24, 2.45) is 0 Å². The second-order valence-corrected chi connectivity index (χ2v) is 7.00. The molecule has 0 saturated heterocycles. The summed E-state index contributed by atoms with van der Waals surface area (Å²) in [7, 11) is 0. The van der Waals surface area contributed by atoms with Crippen molar-refractivity contribution in [3.63, 3.8) is 0 Å². The Morgan fingerprint density at radius 1 is 1.21 bits per heavy atom. The molecule has 0 N–H and O–H groups in total. The van der Waals surface area contributed by atoms with Crippen molar-refractivity contribution in [2.45, 2.75) is 61.5 Å². The largest absolute Gasteiger partial charge is 0.306 e. The zero-order valence-corrected chi connectivity index (χ0v) is 12.8. The van der Waals surface area contributed by atoms with Gasteiger partial charge >= 0.3 is 0 Å². The zero-order valence-electron chi connectivity index (χ0n) is 11.2. The second kappa shape index (κ2) is 5.58. The van der Waals surface area contributed by atoms with Crippen LogP contribution in [0.25, 0.3) is 0 Å². The van der Waals surface area contributed by atoms with E-state index in [0.717, 1.165) is 34.1 Å². The van der Waals surface area contributed by atoms with Crippen molar-refractivity contribution in [3.8, 4) is 0 Å². The molecule has 0 bridgehead atoms. The first kappa shape index (κ1) is 13.1. The molecule has 19 heavy (non-hydrogen) atoms. The highest BCUT2D eigenvalue weighted by Gasteiger charge is 2.17. The summed E-state index contributed by atoms with van der Waals surface area (Å²) in [5.74, 6) is 2.41. The topological polar surface area (TPSA) is 56.5 Å². The van der Waals surface area contributed by atoms with Gasteiger partial charge < -0.3 is 4.57 Å². The minimum atomic E-state index is 0.376. The van der Waals surface area contributed by atoms with Crippen molar-refractivity contribution in [1.29, 1.82) is 0 Å². The monoisotopic (exact) mass is 295 g/mol. The van der Waals surface area contributed by atoms with Crippen LogP contribution in [0.5, 0.6) is 0 Å². The molecule has 0 spiro atoms. The summed E-state index contributed by atoms with van der Waals surface area (Å²) in [6.07, 6.45) is 4.76. The molecule has 0 saturated carbocycles. The fourth-order valence-corrected chi connectivity index (χ4v) is 3.83. The molecule has 0 amide bonds. The summed E-state index contributed by atoms with van der Waals surface area (Å²) in [6.45, 7) is 5.25. The standard InChI is InChI=1S/C12H17N5S2/c1-8(2)10-13-12(19-16-10)18-11-15-14-9-6-4-3-5-7-17(9)11/h8H,3-7H2,1-2H3. The van der Waals surface area contributed by atoms with E-state index in [0.29, 0.717) is 5.92 Å². The van der Waals surface area contributed by atoms with Crippen molar-refractivity contribution in [3.05, 3.63) is 11.6 Å². The molecule has 1 aliphatic rings. The van der Waals surface area contributed by atoms with Gasteiger partial charge in [0.1, 0.15) is 11.6 Å². The minimum Gasteiger partial charge on any atom is -0.306 e. The Hall–Kier alpha value is -0.950. The molecule has 1 aliphatic heterocycles. The van der Waals surface area contributed by atoms with Gasteiger partial charge in [0.2, 0.25) is 0 Å². The smallest absolute Gasteiger partial charge is 0.198 e. The van der Waals surface area contributed by atoms with Crippen LogP contribution in [0.4, 0.5) is 0 Å². The highest BCUT2D eigenvalue weighted by Crippen LogP contribution is 2.30. The maximum Gasteiger partial charge on any atom is 0.198 e. The molecule has 3 heterocycles. The van der Waals surface area contributed by atoms with Gasteiger partial charge in [-0.3, -0.25) is 0 Å². The van der Waals surface area contributed by atoms with Gasteiger partial charge in [0.15, 0.2) is 9.50 Å². The zero-order chi connectivity index (χ0) is 13.2. The molecule has 0 radical (unpaired) electrons. The summed E-state index contributed by atoms with van der Waals surface area (Å²) < 4.78 is 7.58. The molecular weight excluding hydrogens is 278 g/mol. The molecule has 7 heteroatoms. The predicted molar refractivity (Wildman–Crippen MR) is 75.7 cm³/mol. The van der Waals surface area contributed by atoms with Crippen LogP contribution >= 0.6 is 23.3 Å². The number of rotatable bonds is 3. The third-order valence-electron chi connectivity index (χ3n) is 3.19. The number of hydrogen-bond acceptors (Lipinski definition) is 6. The van der Waals surface area contributed by atoms with Gasteiger partial charge in [-0.1, -0.05) is 20.3 Å². The van der Waals surface area contributed by atoms with E-state index in [4.69, 9.17) is 0 Å². The lowest BCUT2D eigenvalue weighted by Crippen LogP contribution is -2.02. The summed E-state index contributed by atoms with van der Waals surface area (Å²) in [5.41, 5.74) is 0. The maximum absolute atomic E-state index is 4.55. The SMILES string of the molecule is CC(C)c1nsc(Sc2nnc3n2CCCCC3)n1. The van der Waals surface area contributed by atoms with Gasteiger partial charge in [-0.25, -0.2) is 4.98 Å². The molecule has 3 rings (SSSR count).